The van der Waals surface area contributed by atoms with Crippen molar-refractivity contribution in [3.05, 3.63) is 65.7 Å². The Morgan fingerprint density at radius 2 is 1.80 bits per heavy atom. The van der Waals surface area contributed by atoms with Crippen molar-refractivity contribution >= 4 is 11.6 Å². The molecule has 1 heterocycles. The van der Waals surface area contributed by atoms with E-state index in [1.807, 2.05) is 23.1 Å². The van der Waals surface area contributed by atoms with Gasteiger partial charge >= 0.3 is 0 Å². The lowest BCUT2D eigenvalue weighted by atomic mass is 10.0. The van der Waals surface area contributed by atoms with Crippen LogP contribution in [-0.4, -0.2) is 29.9 Å². The molecule has 1 amide bonds. The maximum absolute atomic E-state index is 12.6. The minimum atomic E-state index is 0.235. The van der Waals surface area contributed by atoms with Gasteiger partial charge in [0.1, 0.15) is 0 Å². The van der Waals surface area contributed by atoms with Crippen molar-refractivity contribution < 1.29 is 4.79 Å². The summed E-state index contributed by atoms with van der Waals surface area (Å²) in [5, 5.41) is 3.52. The number of rotatable bonds is 7. The van der Waals surface area contributed by atoms with Gasteiger partial charge in [0.15, 0.2) is 0 Å². The lowest BCUT2D eigenvalue weighted by molar-refractivity contribution is -0.129. The van der Waals surface area contributed by atoms with Crippen LogP contribution < -0.4 is 5.32 Å². The first-order valence-corrected chi connectivity index (χ1v) is 9.42. The van der Waals surface area contributed by atoms with Crippen LogP contribution in [0.4, 0.5) is 5.69 Å². The highest BCUT2D eigenvalue weighted by Gasteiger charge is 2.25. The Hall–Kier alpha value is -2.29. The van der Waals surface area contributed by atoms with Crippen molar-refractivity contribution in [2.24, 2.45) is 0 Å². The number of carbonyl (C=O) groups excluding carboxylic acids is 1. The van der Waals surface area contributed by atoms with Crippen LogP contribution in [0.5, 0.6) is 0 Å². The number of amides is 1. The van der Waals surface area contributed by atoms with Crippen LogP contribution >= 0.6 is 0 Å². The first-order valence-electron chi connectivity index (χ1n) is 9.42. The van der Waals surface area contributed by atoms with Crippen molar-refractivity contribution in [1.29, 1.82) is 0 Å². The molecule has 2 aromatic carbocycles. The monoisotopic (exact) mass is 336 g/mol. The van der Waals surface area contributed by atoms with Gasteiger partial charge in [-0.3, -0.25) is 4.79 Å². The van der Waals surface area contributed by atoms with E-state index >= 15 is 0 Å². The number of unbranched alkanes of at least 4 members (excludes halogenated alkanes) is 1. The molecule has 25 heavy (non-hydrogen) atoms. The molecule has 0 aromatic heterocycles. The zero-order valence-corrected chi connectivity index (χ0v) is 15.1. The number of hydrogen-bond donors (Lipinski definition) is 1. The second-order valence-electron chi connectivity index (χ2n) is 6.93. The number of nitrogens with one attached hydrogen (secondary N) is 1. The maximum atomic E-state index is 12.6. The number of hydrogen-bond acceptors (Lipinski definition) is 2. The van der Waals surface area contributed by atoms with Gasteiger partial charge in [-0.15, -0.1) is 0 Å². The summed E-state index contributed by atoms with van der Waals surface area (Å²) in [5.74, 6) is 0.235. The predicted molar refractivity (Wildman–Crippen MR) is 104 cm³/mol. The molecule has 1 N–H and O–H groups in total. The van der Waals surface area contributed by atoms with E-state index in [1.54, 1.807) is 0 Å². The van der Waals surface area contributed by atoms with Gasteiger partial charge in [-0.2, -0.15) is 0 Å². The molecule has 1 unspecified atom stereocenters. The molecule has 1 fully saturated rings. The molecular weight excluding hydrogens is 308 g/mol. The van der Waals surface area contributed by atoms with Gasteiger partial charge in [-0.25, -0.2) is 0 Å². The number of anilines is 1. The van der Waals surface area contributed by atoms with Crippen molar-refractivity contribution in [2.45, 2.75) is 45.1 Å². The Balaban J connectivity index is 1.48. The Morgan fingerprint density at radius 1 is 1.08 bits per heavy atom. The summed E-state index contributed by atoms with van der Waals surface area (Å²) in [5.41, 5.74) is 3.61. The average Bonchev–Trinajstić information content (AvgIpc) is 3.11. The van der Waals surface area contributed by atoms with Crippen LogP contribution in [0.2, 0.25) is 0 Å². The van der Waals surface area contributed by atoms with E-state index in [9.17, 15) is 4.79 Å². The Kier molecular flexibility index (Phi) is 6.10. The maximum Gasteiger partial charge on any atom is 0.227 e. The van der Waals surface area contributed by atoms with Gasteiger partial charge in [-0.05, 0) is 42.5 Å². The van der Waals surface area contributed by atoms with Gasteiger partial charge in [0.05, 0.1) is 6.42 Å². The van der Waals surface area contributed by atoms with Crippen LogP contribution in [0.25, 0.3) is 0 Å². The molecule has 0 bridgehead atoms. The molecular formula is C22H28N2O. The third-order valence-corrected chi connectivity index (χ3v) is 4.88. The van der Waals surface area contributed by atoms with Crippen LogP contribution in [-0.2, 0) is 17.6 Å². The molecule has 2 aromatic rings. The Bertz CT molecular complexity index is 666. The molecule has 1 atom stereocenters. The first-order chi connectivity index (χ1) is 12.2. The van der Waals surface area contributed by atoms with E-state index in [0.717, 1.165) is 37.2 Å². The van der Waals surface area contributed by atoms with Gasteiger partial charge in [0, 0.05) is 24.8 Å². The topological polar surface area (TPSA) is 32.3 Å². The molecule has 1 saturated heterocycles. The number of para-hydroxylation sites is 1. The highest BCUT2D eigenvalue weighted by molar-refractivity contribution is 5.79. The van der Waals surface area contributed by atoms with E-state index in [-0.39, 0.29) is 5.91 Å². The second-order valence-corrected chi connectivity index (χ2v) is 6.93. The zero-order chi connectivity index (χ0) is 17.5. The van der Waals surface area contributed by atoms with Gasteiger partial charge < -0.3 is 10.2 Å². The fourth-order valence-electron chi connectivity index (χ4n) is 3.37. The van der Waals surface area contributed by atoms with E-state index < -0.39 is 0 Å². The highest BCUT2D eigenvalue weighted by Crippen LogP contribution is 2.17. The normalized spacial score (nSPS) is 16.8. The SMILES string of the molecule is CCCCc1ccc(CC(=O)N2CCC(Nc3ccccc3)C2)cc1. The van der Waals surface area contributed by atoms with Crippen LogP contribution in [0, 0.1) is 0 Å². The van der Waals surface area contributed by atoms with E-state index in [2.05, 4.69) is 48.6 Å². The predicted octanol–water partition coefficient (Wildman–Crippen LogP) is 4.28. The third-order valence-electron chi connectivity index (χ3n) is 4.88. The van der Waals surface area contributed by atoms with Crippen molar-refractivity contribution in [2.75, 3.05) is 18.4 Å². The first kappa shape index (κ1) is 17.5. The fourth-order valence-corrected chi connectivity index (χ4v) is 3.37. The molecule has 0 aliphatic carbocycles. The molecule has 0 saturated carbocycles. The van der Waals surface area contributed by atoms with Crippen LogP contribution in [0.1, 0.15) is 37.3 Å². The van der Waals surface area contributed by atoms with Crippen LogP contribution in [0.3, 0.4) is 0 Å². The molecule has 3 rings (SSSR count). The minimum absolute atomic E-state index is 0.235. The van der Waals surface area contributed by atoms with E-state index in [1.165, 1.54) is 18.4 Å². The summed E-state index contributed by atoms with van der Waals surface area (Å²) >= 11 is 0. The molecule has 3 heteroatoms. The van der Waals surface area contributed by atoms with Crippen molar-refractivity contribution in [3.8, 4) is 0 Å². The Morgan fingerprint density at radius 3 is 2.52 bits per heavy atom. The quantitative estimate of drug-likeness (QED) is 0.818. The number of likely N-dealkylation sites (tertiary alicyclic amines) is 1. The number of nitrogens with zero attached hydrogens (tertiary/aromatic N) is 1. The number of benzene rings is 2. The Labute approximate surface area is 151 Å². The minimum Gasteiger partial charge on any atom is -0.380 e. The largest absolute Gasteiger partial charge is 0.380 e. The van der Waals surface area contributed by atoms with Crippen LogP contribution in [0.15, 0.2) is 54.6 Å². The molecule has 1 aliphatic heterocycles. The summed E-state index contributed by atoms with van der Waals surface area (Å²) in [4.78, 5) is 14.6. The summed E-state index contributed by atoms with van der Waals surface area (Å²) in [6, 6.07) is 19.1. The lowest BCUT2D eigenvalue weighted by Crippen LogP contribution is -2.32. The van der Waals surface area contributed by atoms with Gasteiger partial charge in [0.2, 0.25) is 5.91 Å². The lowest BCUT2D eigenvalue weighted by Gasteiger charge is -2.18. The second kappa shape index (κ2) is 8.70. The highest BCUT2D eigenvalue weighted by atomic mass is 16.2. The third kappa shape index (κ3) is 5.09. The average molecular weight is 336 g/mol. The summed E-state index contributed by atoms with van der Waals surface area (Å²) in [6.07, 6.45) is 5.08. The summed E-state index contributed by atoms with van der Waals surface area (Å²) < 4.78 is 0. The molecule has 1 aliphatic rings. The van der Waals surface area contributed by atoms with E-state index in [0.29, 0.717) is 12.5 Å². The standard InChI is InChI=1S/C22H28N2O/c1-2-3-7-18-10-12-19(13-11-18)16-22(25)24-15-14-21(17-24)23-20-8-5-4-6-9-20/h4-6,8-13,21,23H,2-3,7,14-17H2,1H3. The van der Waals surface area contributed by atoms with Crippen molar-refractivity contribution in [3.63, 3.8) is 0 Å². The molecule has 3 nitrogen and oxygen atoms in total. The number of carbonyl (C=O) groups is 1. The zero-order valence-electron chi connectivity index (χ0n) is 15.1. The summed E-state index contributed by atoms with van der Waals surface area (Å²) in [7, 11) is 0. The van der Waals surface area contributed by atoms with Gasteiger partial charge in [0.25, 0.3) is 0 Å². The summed E-state index contributed by atoms with van der Waals surface area (Å²) in [6.45, 7) is 3.85. The number of aryl methyl sites for hydroxylation is 1. The fraction of sp³-hybridized carbons (Fsp3) is 0.409. The van der Waals surface area contributed by atoms with Gasteiger partial charge in [-0.1, -0.05) is 55.8 Å². The molecule has 0 spiro atoms. The molecule has 132 valence electrons. The van der Waals surface area contributed by atoms with Crippen molar-refractivity contribution in [1.82, 2.24) is 4.90 Å². The molecule has 0 radical (unpaired) electrons. The smallest absolute Gasteiger partial charge is 0.227 e. The van der Waals surface area contributed by atoms with E-state index in [4.69, 9.17) is 0 Å².